The van der Waals surface area contributed by atoms with Crippen LogP contribution in [0, 0.1) is 17.3 Å². The molecule has 0 saturated heterocycles. The van der Waals surface area contributed by atoms with Gasteiger partial charge in [0.1, 0.15) is 5.82 Å². The smallest absolute Gasteiger partial charge is 0.183 e. The predicted octanol–water partition coefficient (Wildman–Crippen LogP) is 2.68. The predicted molar refractivity (Wildman–Crippen MR) is 64.5 cm³/mol. The molecule has 1 aromatic carbocycles. The van der Waals surface area contributed by atoms with Gasteiger partial charge in [0.15, 0.2) is 11.4 Å². The van der Waals surface area contributed by atoms with Crippen molar-refractivity contribution in [3.8, 4) is 6.19 Å². The van der Waals surface area contributed by atoms with Gasteiger partial charge in [-0.15, -0.1) is 0 Å². The van der Waals surface area contributed by atoms with Gasteiger partial charge < -0.3 is 0 Å². The van der Waals surface area contributed by atoms with Crippen LogP contribution in [0.15, 0.2) is 29.3 Å². The molecule has 0 aliphatic heterocycles. The van der Waals surface area contributed by atoms with Crippen molar-refractivity contribution in [1.29, 1.82) is 5.26 Å². The molecular weight excluding hydrogens is 225 g/mol. The molecule has 0 spiro atoms. The fourth-order valence-electron chi connectivity index (χ4n) is 1.20. The first-order chi connectivity index (χ1) is 7.67. The van der Waals surface area contributed by atoms with E-state index < -0.39 is 0 Å². The van der Waals surface area contributed by atoms with E-state index in [0.717, 1.165) is 5.56 Å². The first-order valence-electron chi connectivity index (χ1n) is 4.69. The molecule has 0 saturated carbocycles. The standard InChI is InChI=1S/C11H12FN3S/c1-8(15-11(16-2)14-7-13)9-4-3-5-10(12)6-9/h3-6,8H,1-2H3,(H,14,15). The van der Waals surface area contributed by atoms with Gasteiger partial charge in [-0.1, -0.05) is 23.9 Å². The van der Waals surface area contributed by atoms with Crippen LogP contribution >= 0.6 is 11.8 Å². The summed E-state index contributed by atoms with van der Waals surface area (Å²) in [7, 11) is 0. The maximum atomic E-state index is 13.0. The van der Waals surface area contributed by atoms with Crippen molar-refractivity contribution >= 4 is 16.9 Å². The fourth-order valence-corrected chi connectivity index (χ4v) is 1.61. The third kappa shape index (κ3) is 3.55. The highest BCUT2D eigenvalue weighted by molar-refractivity contribution is 8.13. The fraction of sp³-hybridized carbons (Fsp3) is 0.273. The monoisotopic (exact) mass is 237 g/mol. The van der Waals surface area contributed by atoms with E-state index in [9.17, 15) is 4.39 Å². The Balaban J connectivity index is 2.86. The molecule has 0 aliphatic rings. The van der Waals surface area contributed by atoms with Crippen molar-refractivity contribution in [3.05, 3.63) is 35.6 Å². The average Bonchev–Trinajstić information content (AvgIpc) is 2.28. The number of aliphatic imine (C=N–C) groups is 1. The zero-order valence-corrected chi connectivity index (χ0v) is 9.88. The molecule has 16 heavy (non-hydrogen) atoms. The number of nitrogens with one attached hydrogen (secondary N) is 1. The summed E-state index contributed by atoms with van der Waals surface area (Å²) in [5.41, 5.74) is 0.784. The van der Waals surface area contributed by atoms with Crippen molar-refractivity contribution < 1.29 is 4.39 Å². The van der Waals surface area contributed by atoms with E-state index in [0.29, 0.717) is 5.17 Å². The van der Waals surface area contributed by atoms with E-state index in [1.54, 1.807) is 6.07 Å². The van der Waals surface area contributed by atoms with Gasteiger partial charge in [-0.25, -0.2) is 4.39 Å². The number of rotatable bonds is 2. The molecule has 5 heteroatoms. The molecule has 1 atom stereocenters. The largest absolute Gasteiger partial charge is 0.272 e. The first-order valence-corrected chi connectivity index (χ1v) is 5.92. The minimum absolute atomic E-state index is 0.181. The second kappa shape index (κ2) is 6.13. The number of benzene rings is 1. The second-order valence-corrected chi connectivity index (χ2v) is 3.90. The number of nitrogens with zero attached hydrogens (tertiary/aromatic N) is 2. The lowest BCUT2D eigenvalue weighted by atomic mass is 10.1. The van der Waals surface area contributed by atoms with Gasteiger partial charge in [0.05, 0.1) is 6.04 Å². The molecule has 1 N–H and O–H groups in total. The Hall–Kier alpha value is -1.54. The van der Waals surface area contributed by atoms with Gasteiger partial charge in [0.2, 0.25) is 0 Å². The molecule has 0 fully saturated rings. The Kier molecular flexibility index (Phi) is 4.80. The van der Waals surface area contributed by atoms with Gasteiger partial charge >= 0.3 is 0 Å². The molecule has 0 heterocycles. The van der Waals surface area contributed by atoms with Crippen LogP contribution < -0.4 is 5.32 Å². The van der Waals surface area contributed by atoms with Crippen molar-refractivity contribution in [2.45, 2.75) is 13.0 Å². The lowest BCUT2D eigenvalue weighted by molar-refractivity contribution is 0.622. The number of hydrogen-bond donors (Lipinski definition) is 1. The lowest BCUT2D eigenvalue weighted by Gasteiger charge is -2.08. The third-order valence-corrected chi connectivity index (χ3v) is 2.59. The van der Waals surface area contributed by atoms with Crippen LogP contribution in [-0.4, -0.2) is 11.4 Å². The van der Waals surface area contributed by atoms with E-state index in [1.807, 2.05) is 25.4 Å². The maximum Gasteiger partial charge on any atom is 0.183 e. The molecule has 1 unspecified atom stereocenters. The van der Waals surface area contributed by atoms with Gasteiger partial charge in [-0.2, -0.15) is 5.26 Å². The van der Waals surface area contributed by atoms with Crippen molar-refractivity contribution in [2.75, 3.05) is 6.26 Å². The summed E-state index contributed by atoms with van der Waals surface area (Å²) in [5.74, 6) is -0.279. The molecule has 1 rings (SSSR count). The van der Waals surface area contributed by atoms with Crippen LogP contribution in [0.4, 0.5) is 4.39 Å². The highest BCUT2D eigenvalue weighted by Crippen LogP contribution is 2.18. The Bertz CT molecular complexity index is 425. The van der Waals surface area contributed by atoms with Crippen LogP contribution in [0.2, 0.25) is 0 Å². The van der Waals surface area contributed by atoms with Gasteiger partial charge in [0.25, 0.3) is 0 Å². The van der Waals surface area contributed by atoms with Gasteiger partial charge in [-0.3, -0.25) is 10.3 Å². The van der Waals surface area contributed by atoms with Crippen LogP contribution in [0.25, 0.3) is 0 Å². The molecule has 0 bridgehead atoms. The first kappa shape index (κ1) is 12.5. The van der Waals surface area contributed by atoms with Gasteiger partial charge in [-0.05, 0) is 30.9 Å². The summed E-state index contributed by atoms with van der Waals surface area (Å²) in [4.78, 5) is 4.28. The van der Waals surface area contributed by atoms with Crippen LogP contribution in [0.3, 0.4) is 0 Å². The summed E-state index contributed by atoms with van der Waals surface area (Å²) < 4.78 is 13.0. The van der Waals surface area contributed by atoms with Crippen molar-refractivity contribution in [2.24, 2.45) is 4.99 Å². The van der Waals surface area contributed by atoms with Crippen molar-refractivity contribution in [3.63, 3.8) is 0 Å². The Morgan fingerprint density at radius 2 is 2.38 bits per heavy atom. The highest BCUT2D eigenvalue weighted by atomic mass is 32.2. The molecule has 1 aromatic rings. The Morgan fingerprint density at radius 3 is 2.94 bits per heavy atom. The molecule has 84 valence electrons. The number of hydrogen-bond acceptors (Lipinski definition) is 3. The normalized spacial score (nSPS) is 13.0. The van der Waals surface area contributed by atoms with E-state index in [2.05, 4.69) is 10.3 Å². The van der Waals surface area contributed by atoms with E-state index in [4.69, 9.17) is 5.26 Å². The van der Waals surface area contributed by atoms with Gasteiger partial charge in [0, 0.05) is 0 Å². The summed E-state index contributed by atoms with van der Waals surface area (Å²) in [6, 6.07) is 6.11. The van der Waals surface area contributed by atoms with Crippen LogP contribution in [-0.2, 0) is 0 Å². The summed E-state index contributed by atoms with van der Waals surface area (Å²) in [5, 5.41) is 11.5. The number of amidine groups is 1. The molecule has 0 aromatic heterocycles. The van der Waals surface area contributed by atoms with Crippen molar-refractivity contribution in [1.82, 2.24) is 5.32 Å². The third-order valence-electron chi connectivity index (χ3n) is 2.00. The zero-order chi connectivity index (χ0) is 12.0. The molecule has 0 amide bonds. The lowest BCUT2D eigenvalue weighted by Crippen LogP contribution is -2.14. The second-order valence-electron chi connectivity index (χ2n) is 3.11. The molecule has 3 nitrogen and oxygen atoms in total. The molecular formula is C11H12FN3S. The summed E-state index contributed by atoms with van der Waals surface area (Å²) in [6.07, 6.45) is 3.63. The summed E-state index contributed by atoms with van der Waals surface area (Å²) >= 11 is 1.34. The zero-order valence-electron chi connectivity index (χ0n) is 9.07. The minimum atomic E-state index is -0.279. The van der Waals surface area contributed by atoms with E-state index >= 15 is 0 Å². The maximum absolute atomic E-state index is 13.0. The molecule has 0 radical (unpaired) electrons. The quantitative estimate of drug-likeness (QED) is 0.372. The topological polar surface area (TPSA) is 48.2 Å². The Morgan fingerprint density at radius 1 is 1.62 bits per heavy atom. The minimum Gasteiger partial charge on any atom is -0.272 e. The SMILES string of the molecule is CSC(=NC(C)c1cccc(F)c1)NC#N. The highest BCUT2D eigenvalue weighted by Gasteiger charge is 2.06. The average molecular weight is 237 g/mol. The van der Waals surface area contributed by atoms with Crippen LogP contribution in [0.5, 0.6) is 0 Å². The number of halogens is 1. The van der Waals surface area contributed by atoms with Crippen LogP contribution in [0.1, 0.15) is 18.5 Å². The Labute approximate surface area is 98.4 Å². The van der Waals surface area contributed by atoms with E-state index in [-0.39, 0.29) is 11.9 Å². The summed E-state index contributed by atoms with van der Waals surface area (Å²) in [6.45, 7) is 1.85. The number of nitriles is 1. The molecule has 0 aliphatic carbocycles. The number of thioether (sulfide) groups is 1. The van der Waals surface area contributed by atoms with E-state index in [1.165, 1.54) is 23.9 Å².